The Labute approximate surface area is 97.0 Å². The SMILES string of the molecule is Cl.O=C(C1CCNC1)N1CCC12CCC2. The van der Waals surface area contributed by atoms with Gasteiger partial charge >= 0.3 is 0 Å². The van der Waals surface area contributed by atoms with Crippen LogP contribution in [-0.2, 0) is 4.79 Å². The quantitative estimate of drug-likeness (QED) is 0.734. The van der Waals surface area contributed by atoms with Gasteiger partial charge in [-0.3, -0.25) is 4.79 Å². The minimum atomic E-state index is 0. The number of nitrogens with zero attached hydrogens (tertiary/aromatic N) is 1. The third-order valence-corrected chi connectivity index (χ3v) is 4.33. The Morgan fingerprint density at radius 1 is 1.33 bits per heavy atom. The van der Waals surface area contributed by atoms with Gasteiger partial charge < -0.3 is 10.2 Å². The lowest BCUT2D eigenvalue weighted by molar-refractivity contribution is -0.159. The molecular formula is C11H19ClN2O. The van der Waals surface area contributed by atoms with Crippen LogP contribution in [0.2, 0.25) is 0 Å². The Balaban J connectivity index is 0.000000853. The third-order valence-electron chi connectivity index (χ3n) is 4.33. The number of carbonyl (C=O) groups is 1. The van der Waals surface area contributed by atoms with Crippen molar-refractivity contribution >= 4 is 18.3 Å². The largest absolute Gasteiger partial charge is 0.337 e. The Morgan fingerprint density at radius 2 is 2.13 bits per heavy atom. The summed E-state index contributed by atoms with van der Waals surface area (Å²) in [6, 6.07) is 0. The molecule has 0 aromatic heterocycles. The van der Waals surface area contributed by atoms with Crippen molar-refractivity contribution < 1.29 is 4.79 Å². The van der Waals surface area contributed by atoms with Gasteiger partial charge in [-0.1, -0.05) is 0 Å². The lowest BCUT2D eigenvalue weighted by atomic mass is 9.67. The number of nitrogens with one attached hydrogen (secondary N) is 1. The minimum Gasteiger partial charge on any atom is -0.337 e. The monoisotopic (exact) mass is 230 g/mol. The molecule has 2 heterocycles. The molecule has 3 rings (SSSR count). The number of amides is 1. The molecule has 1 atom stereocenters. The van der Waals surface area contributed by atoms with E-state index in [0.29, 0.717) is 11.4 Å². The van der Waals surface area contributed by atoms with Crippen LogP contribution in [0.15, 0.2) is 0 Å². The minimum absolute atomic E-state index is 0. The topological polar surface area (TPSA) is 32.3 Å². The fraction of sp³-hybridized carbons (Fsp3) is 0.909. The van der Waals surface area contributed by atoms with Gasteiger partial charge in [-0.05, 0) is 38.6 Å². The van der Waals surface area contributed by atoms with Crippen LogP contribution in [0.3, 0.4) is 0 Å². The maximum atomic E-state index is 12.1. The van der Waals surface area contributed by atoms with Crippen molar-refractivity contribution in [3.8, 4) is 0 Å². The lowest BCUT2D eigenvalue weighted by Gasteiger charge is -2.59. The van der Waals surface area contributed by atoms with E-state index >= 15 is 0 Å². The van der Waals surface area contributed by atoms with Crippen LogP contribution < -0.4 is 5.32 Å². The smallest absolute Gasteiger partial charge is 0.227 e. The molecule has 0 bridgehead atoms. The Morgan fingerprint density at radius 3 is 2.53 bits per heavy atom. The van der Waals surface area contributed by atoms with Crippen molar-refractivity contribution in [3.63, 3.8) is 0 Å². The predicted octanol–water partition coefficient (Wildman–Crippen LogP) is 1.17. The molecule has 3 nitrogen and oxygen atoms in total. The molecule has 0 aromatic carbocycles. The highest BCUT2D eigenvalue weighted by atomic mass is 35.5. The molecule has 3 aliphatic rings. The predicted molar refractivity (Wildman–Crippen MR) is 61.1 cm³/mol. The van der Waals surface area contributed by atoms with Crippen LogP contribution in [0.4, 0.5) is 0 Å². The van der Waals surface area contributed by atoms with E-state index in [4.69, 9.17) is 0 Å². The van der Waals surface area contributed by atoms with Gasteiger partial charge in [-0.2, -0.15) is 0 Å². The van der Waals surface area contributed by atoms with Gasteiger partial charge in [-0.25, -0.2) is 0 Å². The summed E-state index contributed by atoms with van der Waals surface area (Å²) in [5, 5.41) is 3.27. The van der Waals surface area contributed by atoms with Crippen LogP contribution in [0.1, 0.15) is 32.1 Å². The number of hydrogen-bond acceptors (Lipinski definition) is 2. The van der Waals surface area contributed by atoms with E-state index in [-0.39, 0.29) is 18.3 Å². The van der Waals surface area contributed by atoms with Gasteiger partial charge in [0.05, 0.1) is 5.92 Å². The van der Waals surface area contributed by atoms with Crippen molar-refractivity contribution in [1.82, 2.24) is 10.2 Å². The van der Waals surface area contributed by atoms with Gasteiger partial charge in [0, 0.05) is 18.6 Å². The standard InChI is InChI=1S/C11H18N2O.ClH/c14-10(9-2-6-12-8-9)13-7-5-11(13)3-1-4-11;/h9,12H,1-8H2;1H. The van der Waals surface area contributed by atoms with Crippen molar-refractivity contribution in [1.29, 1.82) is 0 Å². The summed E-state index contributed by atoms with van der Waals surface area (Å²) in [5.41, 5.74) is 0.347. The highest BCUT2D eigenvalue weighted by molar-refractivity contribution is 5.85. The highest BCUT2D eigenvalue weighted by Gasteiger charge is 2.52. The van der Waals surface area contributed by atoms with E-state index in [0.717, 1.165) is 26.1 Å². The van der Waals surface area contributed by atoms with Gasteiger partial charge in [0.2, 0.25) is 5.91 Å². The van der Waals surface area contributed by atoms with E-state index in [2.05, 4.69) is 10.2 Å². The third kappa shape index (κ3) is 1.56. The number of halogens is 1. The molecule has 1 N–H and O–H groups in total. The zero-order valence-electron chi connectivity index (χ0n) is 9.00. The molecule has 0 radical (unpaired) electrons. The summed E-state index contributed by atoms with van der Waals surface area (Å²) in [5.74, 6) is 0.716. The van der Waals surface area contributed by atoms with Crippen molar-refractivity contribution in [2.75, 3.05) is 19.6 Å². The number of hydrogen-bond donors (Lipinski definition) is 1. The normalized spacial score (nSPS) is 31.7. The van der Waals surface area contributed by atoms with Gasteiger partial charge in [0.25, 0.3) is 0 Å². The molecule has 2 saturated heterocycles. The van der Waals surface area contributed by atoms with Crippen molar-refractivity contribution in [2.24, 2.45) is 5.92 Å². The molecule has 15 heavy (non-hydrogen) atoms. The second kappa shape index (κ2) is 3.95. The van der Waals surface area contributed by atoms with Crippen molar-refractivity contribution in [2.45, 2.75) is 37.6 Å². The summed E-state index contributed by atoms with van der Waals surface area (Å²) in [7, 11) is 0. The summed E-state index contributed by atoms with van der Waals surface area (Å²) in [6.45, 7) is 2.96. The maximum absolute atomic E-state index is 12.1. The van der Waals surface area contributed by atoms with E-state index < -0.39 is 0 Å². The maximum Gasteiger partial charge on any atom is 0.227 e. The zero-order valence-corrected chi connectivity index (χ0v) is 9.81. The van der Waals surface area contributed by atoms with Gasteiger partial charge in [0.15, 0.2) is 0 Å². The first kappa shape index (κ1) is 11.2. The van der Waals surface area contributed by atoms with Gasteiger partial charge in [-0.15, -0.1) is 12.4 Å². The molecule has 2 aliphatic heterocycles. The first-order chi connectivity index (χ1) is 6.82. The number of likely N-dealkylation sites (tertiary alicyclic amines) is 1. The average molecular weight is 231 g/mol. The Kier molecular flexibility index (Phi) is 2.95. The zero-order chi connectivity index (χ0) is 9.60. The van der Waals surface area contributed by atoms with Gasteiger partial charge in [0.1, 0.15) is 0 Å². The Hall–Kier alpha value is -0.280. The molecule has 1 unspecified atom stereocenters. The molecule has 1 spiro atoms. The molecule has 1 aliphatic carbocycles. The van der Waals surface area contributed by atoms with E-state index in [1.807, 2.05) is 0 Å². The van der Waals surface area contributed by atoms with E-state index in [9.17, 15) is 4.79 Å². The fourth-order valence-corrected chi connectivity index (χ4v) is 3.07. The molecular weight excluding hydrogens is 212 g/mol. The summed E-state index contributed by atoms with van der Waals surface area (Å²) in [6.07, 6.45) is 6.16. The molecule has 1 saturated carbocycles. The Bertz CT molecular complexity index is 254. The first-order valence-electron chi connectivity index (χ1n) is 5.84. The number of carbonyl (C=O) groups excluding carboxylic acids is 1. The van der Waals surface area contributed by atoms with Crippen LogP contribution in [0, 0.1) is 5.92 Å². The number of rotatable bonds is 1. The highest BCUT2D eigenvalue weighted by Crippen LogP contribution is 2.47. The second-order valence-corrected chi connectivity index (χ2v) is 5.01. The summed E-state index contributed by atoms with van der Waals surface area (Å²) >= 11 is 0. The van der Waals surface area contributed by atoms with Crippen LogP contribution in [0.5, 0.6) is 0 Å². The average Bonchev–Trinajstić information content (AvgIpc) is 2.50. The second-order valence-electron chi connectivity index (χ2n) is 5.01. The lowest BCUT2D eigenvalue weighted by Crippen LogP contribution is -2.66. The summed E-state index contributed by atoms with van der Waals surface area (Å²) < 4.78 is 0. The van der Waals surface area contributed by atoms with Crippen LogP contribution >= 0.6 is 12.4 Å². The van der Waals surface area contributed by atoms with Crippen LogP contribution in [0.25, 0.3) is 0 Å². The molecule has 3 fully saturated rings. The van der Waals surface area contributed by atoms with E-state index in [1.165, 1.54) is 25.7 Å². The molecule has 0 aromatic rings. The van der Waals surface area contributed by atoms with E-state index in [1.54, 1.807) is 0 Å². The fourth-order valence-electron chi connectivity index (χ4n) is 3.07. The molecule has 1 amide bonds. The molecule has 86 valence electrons. The van der Waals surface area contributed by atoms with Crippen LogP contribution in [-0.4, -0.2) is 36.0 Å². The molecule has 4 heteroatoms. The summed E-state index contributed by atoms with van der Waals surface area (Å²) in [4.78, 5) is 14.3. The first-order valence-corrected chi connectivity index (χ1v) is 5.84. The van der Waals surface area contributed by atoms with Crippen molar-refractivity contribution in [3.05, 3.63) is 0 Å².